The van der Waals surface area contributed by atoms with Crippen LogP contribution in [0.25, 0.3) is 0 Å². The Hall–Kier alpha value is -4.24. The maximum Gasteiger partial charge on any atom is 0.261 e. The van der Waals surface area contributed by atoms with E-state index in [9.17, 15) is 9.59 Å². The molecule has 0 spiro atoms. The molecule has 3 N–H and O–H groups in total. The van der Waals surface area contributed by atoms with Crippen molar-refractivity contribution in [2.45, 2.75) is 19.9 Å². The van der Waals surface area contributed by atoms with E-state index in [1.165, 1.54) is 16.9 Å². The van der Waals surface area contributed by atoms with Crippen molar-refractivity contribution in [1.29, 1.82) is 0 Å². The highest BCUT2D eigenvalue weighted by Gasteiger charge is 2.36. The number of amides is 2. The van der Waals surface area contributed by atoms with Crippen LogP contribution in [0.2, 0.25) is 0 Å². The fraction of sp³-hybridized carbons (Fsp3) is 0.107. The molecule has 0 bridgehead atoms. The zero-order valence-corrected chi connectivity index (χ0v) is 21.6. The van der Waals surface area contributed by atoms with Crippen molar-refractivity contribution < 1.29 is 14.0 Å². The minimum absolute atomic E-state index is 0.239. The summed E-state index contributed by atoms with van der Waals surface area (Å²) in [5.41, 5.74) is 3.52. The van der Waals surface area contributed by atoms with E-state index in [1.54, 1.807) is 37.3 Å². The summed E-state index contributed by atoms with van der Waals surface area (Å²) in [5, 5.41) is 13.4. The molecule has 1 aliphatic rings. The van der Waals surface area contributed by atoms with Gasteiger partial charge in [-0.05, 0) is 61.9 Å². The average molecular weight is 560 g/mol. The number of nitrogens with one attached hydrogen (secondary N) is 3. The zero-order chi connectivity index (χ0) is 26.1. The number of para-hydroxylation sites is 1. The second-order valence-corrected chi connectivity index (χ2v) is 9.64. The van der Waals surface area contributed by atoms with Crippen LogP contribution in [-0.4, -0.2) is 21.6 Å². The molecule has 0 saturated heterocycles. The molecule has 37 heavy (non-hydrogen) atoms. The maximum atomic E-state index is 15.2. The van der Waals surface area contributed by atoms with Gasteiger partial charge in [-0.15, -0.1) is 0 Å². The van der Waals surface area contributed by atoms with Crippen LogP contribution in [-0.2, 0) is 4.79 Å². The van der Waals surface area contributed by atoms with E-state index in [4.69, 9.17) is 0 Å². The van der Waals surface area contributed by atoms with Gasteiger partial charge in [0.1, 0.15) is 23.2 Å². The van der Waals surface area contributed by atoms with Gasteiger partial charge in [0, 0.05) is 27.1 Å². The number of hydrogen-bond donors (Lipinski definition) is 3. The fourth-order valence-electron chi connectivity index (χ4n) is 4.37. The first-order valence-corrected chi connectivity index (χ1v) is 12.4. The molecular formula is C28H23BrFN5O2. The van der Waals surface area contributed by atoms with E-state index < -0.39 is 17.8 Å². The fourth-order valence-corrected chi connectivity index (χ4v) is 4.75. The Labute approximate surface area is 221 Å². The Balaban J connectivity index is 1.58. The summed E-state index contributed by atoms with van der Waals surface area (Å²) in [7, 11) is 0. The van der Waals surface area contributed by atoms with Crippen molar-refractivity contribution in [2.75, 3.05) is 16.0 Å². The summed E-state index contributed by atoms with van der Waals surface area (Å²) in [6.07, 6.45) is 1.42. The summed E-state index contributed by atoms with van der Waals surface area (Å²) in [4.78, 5) is 26.7. The van der Waals surface area contributed by atoms with Gasteiger partial charge in [0.2, 0.25) is 0 Å². The van der Waals surface area contributed by atoms with Crippen LogP contribution in [0.1, 0.15) is 34.5 Å². The molecule has 1 aliphatic heterocycles. The van der Waals surface area contributed by atoms with Gasteiger partial charge in [-0.3, -0.25) is 9.59 Å². The van der Waals surface area contributed by atoms with E-state index >= 15 is 4.39 Å². The highest BCUT2D eigenvalue weighted by Crippen LogP contribution is 2.39. The normalized spacial score (nSPS) is 14.5. The number of carbonyl (C=O) groups is 2. The Kier molecular flexibility index (Phi) is 6.62. The topological polar surface area (TPSA) is 88.0 Å². The predicted molar refractivity (Wildman–Crippen MR) is 145 cm³/mol. The molecular weight excluding hydrogens is 537 g/mol. The minimum atomic E-state index is -0.919. The molecule has 2 amide bonds. The molecule has 0 saturated carbocycles. The number of halogens is 2. The van der Waals surface area contributed by atoms with Crippen molar-refractivity contribution in [1.82, 2.24) is 9.78 Å². The number of anilines is 3. The third-order valence-electron chi connectivity index (χ3n) is 6.07. The molecule has 0 aliphatic carbocycles. The minimum Gasteiger partial charge on any atom is -0.343 e. The van der Waals surface area contributed by atoms with E-state index in [1.807, 2.05) is 43.3 Å². The molecule has 5 rings (SSSR count). The number of allylic oxidation sites excluding steroid dienone is 1. The van der Waals surface area contributed by atoms with Gasteiger partial charge in [0.25, 0.3) is 11.8 Å². The molecule has 1 atom stereocenters. The number of carbonyl (C=O) groups excluding carboxylic acids is 2. The second-order valence-electron chi connectivity index (χ2n) is 8.73. The predicted octanol–water partition coefficient (Wildman–Crippen LogP) is 6.27. The van der Waals surface area contributed by atoms with Gasteiger partial charge < -0.3 is 16.0 Å². The largest absolute Gasteiger partial charge is 0.343 e. The number of rotatable bonds is 5. The molecule has 186 valence electrons. The van der Waals surface area contributed by atoms with Crippen LogP contribution in [0, 0.1) is 12.7 Å². The van der Waals surface area contributed by atoms with Crippen LogP contribution < -0.4 is 16.0 Å². The molecule has 0 unspecified atom stereocenters. The summed E-state index contributed by atoms with van der Waals surface area (Å²) in [6, 6.07) is 20.1. The Bertz CT molecular complexity index is 1550. The van der Waals surface area contributed by atoms with Gasteiger partial charge in [0.15, 0.2) is 0 Å². The van der Waals surface area contributed by atoms with Crippen LogP contribution in [0.15, 0.2) is 94.7 Å². The molecule has 0 radical (unpaired) electrons. The van der Waals surface area contributed by atoms with Gasteiger partial charge in [-0.25, -0.2) is 9.07 Å². The lowest BCUT2D eigenvalue weighted by Crippen LogP contribution is -2.32. The standard InChI is InChI=1S/C28H23BrFN5O2/c1-16-7-6-10-20(13-16)34-27(36)22-15-31-35-25(21-14-18(29)11-12-23(21)30)24(17(2)32-26(22)35)28(37)33-19-8-4-3-5-9-19/h3-15,25,32H,1-2H3,(H,33,37)(H,34,36)/t25-/m0/s1. The smallest absolute Gasteiger partial charge is 0.261 e. The van der Waals surface area contributed by atoms with Crippen molar-refractivity contribution in [2.24, 2.45) is 0 Å². The van der Waals surface area contributed by atoms with Gasteiger partial charge in [-0.1, -0.05) is 46.3 Å². The van der Waals surface area contributed by atoms with E-state index in [-0.39, 0.29) is 22.6 Å². The lowest BCUT2D eigenvalue weighted by Gasteiger charge is -2.30. The average Bonchev–Trinajstić information content (AvgIpc) is 3.29. The number of aryl methyl sites for hydroxylation is 1. The molecule has 4 aromatic rings. The van der Waals surface area contributed by atoms with Crippen molar-refractivity contribution >= 4 is 44.9 Å². The van der Waals surface area contributed by atoms with E-state index in [0.29, 0.717) is 27.4 Å². The number of hydrogen-bond acceptors (Lipinski definition) is 4. The van der Waals surface area contributed by atoms with Crippen LogP contribution in [0.5, 0.6) is 0 Å². The molecule has 7 nitrogen and oxygen atoms in total. The summed E-state index contributed by atoms with van der Waals surface area (Å²) >= 11 is 3.41. The first kappa shape index (κ1) is 24.5. The highest BCUT2D eigenvalue weighted by atomic mass is 79.9. The summed E-state index contributed by atoms with van der Waals surface area (Å²) in [5.74, 6) is -0.922. The Morgan fingerprint density at radius 2 is 1.68 bits per heavy atom. The highest BCUT2D eigenvalue weighted by molar-refractivity contribution is 9.10. The van der Waals surface area contributed by atoms with Gasteiger partial charge in [0.05, 0.1) is 11.8 Å². The Morgan fingerprint density at radius 3 is 2.43 bits per heavy atom. The molecule has 9 heteroatoms. The van der Waals surface area contributed by atoms with Crippen LogP contribution in [0.4, 0.5) is 21.6 Å². The van der Waals surface area contributed by atoms with Gasteiger partial charge in [-0.2, -0.15) is 5.10 Å². The van der Waals surface area contributed by atoms with E-state index in [2.05, 4.69) is 37.0 Å². The summed E-state index contributed by atoms with van der Waals surface area (Å²) in [6.45, 7) is 3.66. The van der Waals surface area contributed by atoms with Crippen LogP contribution in [0.3, 0.4) is 0 Å². The zero-order valence-electron chi connectivity index (χ0n) is 20.0. The molecule has 1 aromatic heterocycles. The maximum absolute atomic E-state index is 15.2. The third-order valence-corrected chi connectivity index (χ3v) is 6.57. The molecule has 3 aromatic carbocycles. The monoisotopic (exact) mass is 559 g/mol. The lowest BCUT2D eigenvalue weighted by atomic mass is 9.94. The van der Waals surface area contributed by atoms with E-state index in [0.717, 1.165) is 5.56 Å². The van der Waals surface area contributed by atoms with Crippen molar-refractivity contribution in [3.05, 3.63) is 117 Å². The quantitative estimate of drug-likeness (QED) is 0.269. The first-order chi connectivity index (χ1) is 17.8. The van der Waals surface area contributed by atoms with Gasteiger partial charge >= 0.3 is 0 Å². The lowest BCUT2D eigenvalue weighted by molar-refractivity contribution is -0.113. The number of fused-ring (bicyclic) bond motifs is 1. The van der Waals surface area contributed by atoms with Crippen molar-refractivity contribution in [3.63, 3.8) is 0 Å². The Morgan fingerprint density at radius 1 is 0.946 bits per heavy atom. The van der Waals surface area contributed by atoms with Crippen LogP contribution >= 0.6 is 15.9 Å². The number of nitrogens with zero attached hydrogens (tertiary/aromatic N) is 2. The SMILES string of the molecule is CC1=C(C(=O)Nc2ccccc2)[C@H](c2cc(Br)ccc2F)n2ncc(C(=O)Nc3cccc(C)c3)c2N1. The van der Waals surface area contributed by atoms with Crippen molar-refractivity contribution in [3.8, 4) is 0 Å². The number of aromatic nitrogens is 2. The first-order valence-electron chi connectivity index (χ1n) is 11.6. The molecule has 0 fully saturated rings. The number of benzene rings is 3. The summed E-state index contributed by atoms with van der Waals surface area (Å²) < 4.78 is 17.3. The second kappa shape index (κ2) is 10.0. The molecule has 2 heterocycles. The third kappa shape index (κ3) is 4.90.